The Hall–Kier alpha value is -2.24. The molecule has 0 atom stereocenters. The average molecular weight is 431 g/mol. The fraction of sp³-hybridized carbons (Fsp3) is 0. The first-order chi connectivity index (χ1) is 13.9. The maximum Gasteiger partial charge on any atom is 0.0635 e. The highest BCUT2D eigenvalue weighted by molar-refractivity contribution is 7.32. The lowest BCUT2D eigenvalue weighted by Gasteiger charge is -1.96. The van der Waals surface area contributed by atoms with E-state index >= 15 is 0 Å². The monoisotopic (exact) mass is 430 g/mol. The van der Waals surface area contributed by atoms with Crippen molar-refractivity contribution in [2.45, 2.75) is 0 Å². The van der Waals surface area contributed by atoms with Gasteiger partial charge < -0.3 is 0 Å². The number of fused-ring (bicyclic) bond motifs is 2. The summed E-state index contributed by atoms with van der Waals surface area (Å²) >= 11 is 7.59. The zero-order valence-electron chi connectivity index (χ0n) is 14.7. The Labute approximate surface area is 179 Å². The molecule has 0 bridgehead atoms. The molecular weight excluding hydrogens is 417 g/mol. The van der Waals surface area contributed by atoms with Gasteiger partial charge in [-0.05, 0) is 23.3 Å². The molecule has 0 aliphatic carbocycles. The summed E-state index contributed by atoms with van der Waals surface area (Å²) in [4.78, 5) is 5.54. The quantitative estimate of drug-likeness (QED) is 0.262. The molecule has 0 N–H and O–H groups in total. The number of thiophene rings is 4. The van der Waals surface area contributed by atoms with Crippen LogP contribution in [0.25, 0.3) is 50.8 Å². The highest BCUT2D eigenvalue weighted by atomic mass is 32.1. The summed E-state index contributed by atoms with van der Waals surface area (Å²) in [6, 6.07) is 26.1. The van der Waals surface area contributed by atoms with Crippen molar-refractivity contribution in [3.8, 4) is 30.6 Å². The van der Waals surface area contributed by atoms with E-state index in [1.165, 1.54) is 50.8 Å². The smallest absolute Gasteiger partial charge is 0.0635 e. The lowest BCUT2D eigenvalue weighted by molar-refractivity contribution is 1.70. The molecule has 2 aromatic carbocycles. The van der Waals surface area contributed by atoms with E-state index < -0.39 is 0 Å². The van der Waals surface area contributed by atoms with E-state index in [0.29, 0.717) is 0 Å². The molecule has 0 fully saturated rings. The minimum atomic E-state index is 1.30. The Morgan fingerprint density at radius 1 is 0.500 bits per heavy atom. The third-order valence-electron chi connectivity index (χ3n) is 4.86. The molecule has 0 spiro atoms. The first-order valence-corrected chi connectivity index (χ1v) is 12.4. The van der Waals surface area contributed by atoms with Crippen LogP contribution in [0.4, 0.5) is 0 Å². The molecule has 0 saturated carbocycles. The van der Waals surface area contributed by atoms with Gasteiger partial charge in [0.2, 0.25) is 0 Å². The van der Waals surface area contributed by atoms with Crippen molar-refractivity contribution in [3.63, 3.8) is 0 Å². The van der Waals surface area contributed by atoms with Crippen LogP contribution >= 0.6 is 45.3 Å². The SMILES string of the molecule is c1ccc(-c2cc3csc(-c4scc5cc(-c6ccccc6)sc45)c3s2)cc1. The molecule has 134 valence electrons. The van der Waals surface area contributed by atoms with Crippen molar-refractivity contribution in [1.82, 2.24) is 0 Å². The Balaban J connectivity index is 1.49. The summed E-state index contributed by atoms with van der Waals surface area (Å²) in [5.74, 6) is 0. The van der Waals surface area contributed by atoms with Crippen molar-refractivity contribution < 1.29 is 0 Å². The average Bonchev–Trinajstić information content (AvgIpc) is 3.49. The largest absolute Gasteiger partial charge is 0.141 e. The molecule has 0 saturated heterocycles. The maximum absolute atomic E-state index is 2.34. The van der Waals surface area contributed by atoms with Crippen LogP contribution in [-0.2, 0) is 0 Å². The molecule has 4 aromatic heterocycles. The number of hydrogen-bond acceptors (Lipinski definition) is 4. The summed E-state index contributed by atoms with van der Waals surface area (Å²) in [6.45, 7) is 0. The molecule has 0 unspecified atom stereocenters. The van der Waals surface area contributed by atoms with E-state index in [4.69, 9.17) is 0 Å². The van der Waals surface area contributed by atoms with Gasteiger partial charge >= 0.3 is 0 Å². The van der Waals surface area contributed by atoms with E-state index in [2.05, 4.69) is 83.6 Å². The van der Waals surface area contributed by atoms with Crippen LogP contribution in [0.2, 0.25) is 0 Å². The molecule has 4 heterocycles. The van der Waals surface area contributed by atoms with E-state index in [0.717, 1.165) is 0 Å². The standard InChI is InChI=1S/C24H14S4/c1-3-7-15(8-4-1)19-11-17-13-25-23(21(17)27-19)24-22-18(14-26-24)12-20(28-22)16-9-5-2-6-10-16/h1-14H. The Bertz CT molecular complexity index is 1280. The Morgan fingerprint density at radius 2 is 0.929 bits per heavy atom. The van der Waals surface area contributed by atoms with Crippen LogP contribution in [0.5, 0.6) is 0 Å². The predicted molar refractivity (Wildman–Crippen MR) is 129 cm³/mol. The Morgan fingerprint density at radius 3 is 1.36 bits per heavy atom. The van der Waals surface area contributed by atoms with Gasteiger partial charge in [-0.25, -0.2) is 0 Å². The van der Waals surface area contributed by atoms with Crippen LogP contribution in [-0.4, -0.2) is 0 Å². The van der Waals surface area contributed by atoms with Crippen molar-refractivity contribution in [1.29, 1.82) is 0 Å². The third kappa shape index (κ3) is 2.68. The minimum Gasteiger partial charge on any atom is -0.141 e. The van der Waals surface area contributed by atoms with Crippen molar-refractivity contribution >= 4 is 65.5 Å². The van der Waals surface area contributed by atoms with E-state index in [9.17, 15) is 0 Å². The van der Waals surface area contributed by atoms with E-state index in [1.807, 2.05) is 45.3 Å². The number of rotatable bonds is 3. The van der Waals surface area contributed by atoms with Gasteiger partial charge in [0.05, 0.1) is 19.2 Å². The van der Waals surface area contributed by atoms with E-state index in [-0.39, 0.29) is 0 Å². The summed E-state index contributed by atoms with van der Waals surface area (Å²) in [6.07, 6.45) is 0. The molecule has 6 aromatic rings. The molecule has 0 nitrogen and oxygen atoms in total. The predicted octanol–water partition coefficient (Wildman–Crippen LogP) is 9.24. The number of benzene rings is 2. The molecule has 0 amide bonds. The normalized spacial score (nSPS) is 11.6. The molecule has 4 heteroatoms. The third-order valence-corrected chi connectivity index (χ3v) is 9.72. The molecule has 0 aliphatic rings. The lowest BCUT2D eigenvalue weighted by Crippen LogP contribution is -1.68. The lowest BCUT2D eigenvalue weighted by atomic mass is 10.2. The highest BCUT2D eigenvalue weighted by Crippen LogP contribution is 2.49. The van der Waals surface area contributed by atoms with Crippen LogP contribution in [0.15, 0.2) is 83.6 Å². The summed E-state index contributed by atoms with van der Waals surface area (Å²) < 4.78 is 2.84. The van der Waals surface area contributed by atoms with Gasteiger partial charge in [0, 0.05) is 31.3 Å². The molecule has 28 heavy (non-hydrogen) atoms. The van der Waals surface area contributed by atoms with Crippen LogP contribution in [0, 0.1) is 0 Å². The first-order valence-electron chi connectivity index (χ1n) is 9.00. The number of hydrogen-bond donors (Lipinski definition) is 0. The molecule has 6 rings (SSSR count). The summed E-state index contributed by atoms with van der Waals surface area (Å²) in [5.41, 5.74) is 2.61. The van der Waals surface area contributed by atoms with Crippen molar-refractivity contribution in [2.24, 2.45) is 0 Å². The fourth-order valence-electron chi connectivity index (χ4n) is 3.49. The van der Waals surface area contributed by atoms with Gasteiger partial charge in [0.1, 0.15) is 0 Å². The van der Waals surface area contributed by atoms with Crippen LogP contribution in [0.3, 0.4) is 0 Å². The zero-order valence-corrected chi connectivity index (χ0v) is 18.0. The molecular formula is C24H14S4. The van der Waals surface area contributed by atoms with Gasteiger partial charge in [0.15, 0.2) is 0 Å². The van der Waals surface area contributed by atoms with E-state index in [1.54, 1.807) is 0 Å². The van der Waals surface area contributed by atoms with Gasteiger partial charge in [-0.3, -0.25) is 0 Å². The van der Waals surface area contributed by atoms with Crippen molar-refractivity contribution in [2.75, 3.05) is 0 Å². The molecule has 0 radical (unpaired) electrons. The van der Waals surface area contributed by atoms with Gasteiger partial charge in [-0.15, -0.1) is 45.3 Å². The maximum atomic E-state index is 2.34. The zero-order chi connectivity index (χ0) is 18.5. The second-order valence-electron chi connectivity index (χ2n) is 6.65. The van der Waals surface area contributed by atoms with Gasteiger partial charge in [-0.1, -0.05) is 60.7 Å². The van der Waals surface area contributed by atoms with Gasteiger partial charge in [0.25, 0.3) is 0 Å². The van der Waals surface area contributed by atoms with Crippen LogP contribution in [0.1, 0.15) is 0 Å². The second-order valence-corrected chi connectivity index (χ2v) is 10.5. The first kappa shape index (κ1) is 16.7. The highest BCUT2D eigenvalue weighted by Gasteiger charge is 2.17. The summed E-state index contributed by atoms with van der Waals surface area (Å²) in [5, 5.41) is 7.35. The van der Waals surface area contributed by atoms with Gasteiger partial charge in [-0.2, -0.15) is 0 Å². The fourth-order valence-corrected chi connectivity index (χ4v) is 8.51. The van der Waals surface area contributed by atoms with Crippen LogP contribution < -0.4 is 0 Å². The molecule has 0 aliphatic heterocycles. The second kappa shape index (κ2) is 6.68. The minimum absolute atomic E-state index is 1.30. The van der Waals surface area contributed by atoms with Crippen molar-refractivity contribution in [3.05, 3.63) is 83.6 Å². The summed E-state index contributed by atoms with van der Waals surface area (Å²) in [7, 11) is 0. The topological polar surface area (TPSA) is 0 Å². The Kier molecular flexibility index (Phi) is 3.98.